The molecule has 176 valence electrons. The summed E-state index contributed by atoms with van der Waals surface area (Å²) in [6, 6.07) is 9.01. The Morgan fingerprint density at radius 1 is 1.18 bits per heavy atom. The van der Waals surface area contributed by atoms with Crippen LogP contribution in [0.4, 0.5) is 10.2 Å². The van der Waals surface area contributed by atoms with Gasteiger partial charge < -0.3 is 24.7 Å². The molecule has 1 saturated heterocycles. The van der Waals surface area contributed by atoms with Crippen molar-refractivity contribution < 1.29 is 37.7 Å². The van der Waals surface area contributed by atoms with Crippen molar-refractivity contribution in [3.8, 4) is 0 Å². The van der Waals surface area contributed by atoms with E-state index in [9.17, 15) is 19.2 Å². The second-order valence-corrected chi connectivity index (χ2v) is 7.51. The highest BCUT2D eigenvalue weighted by molar-refractivity contribution is 5.89. The minimum Gasteiger partial charge on any atom is -0.456 e. The van der Waals surface area contributed by atoms with Crippen molar-refractivity contribution in [2.45, 2.75) is 44.6 Å². The molecular formula is C21H22FN3O8. The van der Waals surface area contributed by atoms with E-state index in [1.165, 1.54) is 25.1 Å². The van der Waals surface area contributed by atoms with E-state index in [2.05, 4.69) is 4.98 Å². The fourth-order valence-electron chi connectivity index (χ4n) is 3.57. The van der Waals surface area contributed by atoms with E-state index in [0.717, 1.165) is 24.6 Å². The maximum Gasteiger partial charge on any atom is 0.351 e. The topological polar surface area (TPSA) is 149 Å². The van der Waals surface area contributed by atoms with Crippen LogP contribution in [0.5, 0.6) is 0 Å². The number of hydrogen-bond acceptors (Lipinski definition) is 10. The van der Waals surface area contributed by atoms with Gasteiger partial charge in [0.1, 0.15) is 5.82 Å². The highest BCUT2D eigenvalue weighted by atomic mass is 19.2. The van der Waals surface area contributed by atoms with Gasteiger partial charge in [-0.25, -0.2) is 14.0 Å². The van der Waals surface area contributed by atoms with Crippen LogP contribution >= 0.6 is 0 Å². The number of rotatable bonds is 6. The van der Waals surface area contributed by atoms with E-state index in [-0.39, 0.29) is 11.4 Å². The molecule has 3 rings (SSSR count). The van der Waals surface area contributed by atoms with Gasteiger partial charge in [0.25, 0.3) is 5.85 Å². The number of anilines is 1. The largest absolute Gasteiger partial charge is 0.456 e. The number of hydrogen-bond donors (Lipinski definition) is 1. The quantitative estimate of drug-likeness (QED) is 0.488. The van der Waals surface area contributed by atoms with E-state index in [1.807, 2.05) is 0 Å². The Morgan fingerprint density at radius 3 is 2.42 bits per heavy atom. The van der Waals surface area contributed by atoms with Crippen molar-refractivity contribution in [2.24, 2.45) is 0 Å². The molecule has 1 aliphatic heterocycles. The standard InChI is InChI=1S/C21H22FN3O8/c1-12(26)31-17-20(3,32-13(2)27)18(25-10-9-15(23)24-19(25)29)33-21(17,22)11-30-16(28)14-7-5-4-6-8-14/h4-10,17-18H,11H2,1-3H3,(H2,23,24,29). The first-order valence-corrected chi connectivity index (χ1v) is 9.76. The van der Waals surface area contributed by atoms with Gasteiger partial charge in [-0.1, -0.05) is 18.2 Å². The summed E-state index contributed by atoms with van der Waals surface area (Å²) in [5.74, 6) is -5.77. The Labute approximate surface area is 187 Å². The number of nitrogens with zero attached hydrogens (tertiary/aromatic N) is 2. The Morgan fingerprint density at radius 2 is 1.85 bits per heavy atom. The highest BCUT2D eigenvalue weighted by Gasteiger charge is 2.69. The van der Waals surface area contributed by atoms with Crippen LogP contribution in [0.25, 0.3) is 0 Å². The van der Waals surface area contributed by atoms with Crippen molar-refractivity contribution in [2.75, 3.05) is 12.3 Å². The van der Waals surface area contributed by atoms with Gasteiger partial charge in [0.15, 0.2) is 18.4 Å². The van der Waals surface area contributed by atoms with Crippen LogP contribution in [0, 0.1) is 0 Å². The Bertz CT molecular complexity index is 1120. The Balaban J connectivity index is 2.02. The molecular weight excluding hydrogens is 441 g/mol. The van der Waals surface area contributed by atoms with Crippen LogP contribution in [0.15, 0.2) is 47.4 Å². The van der Waals surface area contributed by atoms with E-state index >= 15 is 4.39 Å². The van der Waals surface area contributed by atoms with Gasteiger partial charge in [-0.15, -0.1) is 0 Å². The molecule has 4 unspecified atom stereocenters. The van der Waals surface area contributed by atoms with E-state index < -0.39 is 54.0 Å². The summed E-state index contributed by atoms with van der Waals surface area (Å²) in [5.41, 5.74) is 2.66. The summed E-state index contributed by atoms with van der Waals surface area (Å²) >= 11 is 0. The van der Waals surface area contributed by atoms with Crippen LogP contribution in [0.1, 0.15) is 37.4 Å². The molecule has 1 aliphatic rings. The molecule has 1 fully saturated rings. The van der Waals surface area contributed by atoms with Gasteiger partial charge in [0, 0.05) is 20.0 Å². The normalized spacial score (nSPS) is 26.4. The van der Waals surface area contributed by atoms with Gasteiger partial charge >= 0.3 is 23.6 Å². The zero-order valence-electron chi connectivity index (χ0n) is 18.0. The smallest absolute Gasteiger partial charge is 0.351 e. The lowest BCUT2D eigenvalue weighted by atomic mass is 9.94. The Hall–Kier alpha value is -3.80. The number of carbonyl (C=O) groups is 3. The lowest BCUT2D eigenvalue weighted by Gasteiger charge is -2.34. The predicted octanol–water partition coefficient (Wildman–Crippen LogP) is 1.13. The third-order valence-corrected chi connectivity index (χ3v) is 4.87. The molecule has 0 saturated carbocycles. The fourth-order valence-corrected chi connectivity index (χ4v) is 3.57. The predicted molar refractivity (Wildman–Crippen MR) is 109 cm³/mol. The number of nitrogen functional groups attached to an aromatic ring is 1. The summed E-state index contributed by atoms with van der Waals surface area (Å²) in [6.07, 6.45) is -2.40. The number of halogens is 1. The van der Waals surface area contributed by atoms with Gasteiger partial charge in [-0.3, -0.25) is 14.2 Å². The maximum atomic E-state index is 16.2. The molecule has 1 aromatic carbocycles. The molecule has 2 heterocycles. The van der Waals surface area contributed by atoms with Crippen LogP contribution in [0.2, 0.25) is 0 Å². The first kappa shape index (κ1) is 23.9. The van der Waals surface area contributed by atoms with Crippen LogP contribution in [0.3, 0.4) is 0 Å². The van der Waals surface area contributed by atoms with Crippen molar-refractivity contribution in [3.63, 3.8) is 0 Å². The minimum atomic E-state index is -2.99. The summed E-state index contributed by atoms with van der Waals surface area (Å²) in [6.45, 7) is 2.23. The molecule has 2 N–H and O–H groups in total. The number of carbonyl (C=O) groups excluding carboxylic acids is 3. The van der Waals surface area contributed by atoms with E-state index in [4.69, 9.17) is 24.7 Å². The molecule has 0 radical (unpaired) electrons. The average Bonchev–Trinajstić information content (AvgIpc) is 2.94. The number of alkyl halides is 1. The molecule has 33 heavy (non-hydrogen) atoms. The molecule has 1 aromatic heterocycles. The second kappa shape index (κ2) is 8.98. The first-order chi connectivity index (χ1) is 15.5. The SMILES string of the molecule is CC(=O)OC1C(F)(COC(=O)c2ccccc2)OC(n2ccc(N)nc2=O)C1(C)OC(C)=O. The highest BCUT2D eigenvalue weighted by Crippen LogP contribution is 2.49. The van der Waals surface area contributed by atoms with E-state index in [1.54, 1.807) is 18.2 Å². The monoisotopic (exact) mass is 463 g/mol. The number of ether oxygens (including phenoxy) is 4. The summed E-state index contributed by atoms with van der Waals surface area (Å²) < 4.78 is 38.0. The van der Waals surface area contributed by atoms with Gasteiger partial charge in [-0.2, -0.15) is 4.98 Å². The number of nitrogens with two attached hydrogens (primary N) is 1. The van der Waals surface area contributed by atoms with Gasteiger partial charge in [0.05, 0.1) is 5.56 Å². The molecule has 4 atom stereocenters. The molecule has 12 heteroatoms. The van der Waals surface area contributed by atoms with Gasteiger partial charge in [-0.05, 0) is 25.1 Å². The molecule has 0 aliphatic carbocycles. The molecule has 0 bridgehead atoms. The minimum absolute atomic E-state index is 0.108. The van der Waals surface area contributed by atoms with Crippen molar-refractivity contribution >= 4 is 23.7 Å². The number of esters is 3. The lowest BCUT2D eigenvalue weighted by molar-refractivity contribution is -0.217. The molecule has 0 spiro atoms. The average molecular weight is 463 g/mol. The third-order valence-electron chi connectivity index (χ3n) is 4.87. The first-order valence-electron chi connectivity index (χ1n) is 9.76. The van der Waals surface area contributed by atoms with Crippen molar-refractivity contribution in [3.05, 3.63) is 58.6 Å². The third kappa shape index (κ3) is 4.85. The summed E-state index contributed by atoms with van der Waals surface area (Å²) in [5, 5.41) is 0. The zero-order valence-corrected chi connectivity index (χ0v) is 18.0. The maximum absolute atomic E-state index is 16.2. The van der Waals surface area contributed by atoms with E-state index in [0.29, 0.717) is 0 Å². The fraction of sp³-hybridized carbons (Fsp3) is 0.381. The second-order valence-electron chi connectivity index (χ2n) is 7.51. The van der Waals surface area contributed by atoms with Crippen LogP contribution < -0.4 is 11.4 Å². The van der Waals surface area contributed by atoms with Crippen molar-refractivity contribution in [1.82, 2.24) is 9.55 Å². The number of benzene rings is 1. The molecule has 2 aromatic rings. The Kier molecular flexibility index (Phi) is 6.49. The molecule has 11 nitrogen and oxygen atoms in total. The lowest BCUT2D eigenvalue weighted by Crippen LogP contribution is -2.54. The van der Waals surface area contributed by atoms with Crippen LogP contribution in [-0.4, -0.2) is 51.6 Å². The molecule has 0 amide bonds. The summed E-state index contributed by atoms with van der Waals surface area (Å²) in [7, 11) is 0. The van der Waals surface area contributed by atoms with Crippen molar-refractivity contribution in [1.29, 1.82) is 0 Å². The van der Waals surface area contributed by atoms with Gasteiger partial charge in [0.2, 0.25) is 6.10 Å². The zero-order chi connectivity index (χ0) is 24.4. The number of aromatic nitrogens is 2. The summed E-state index contributed by atoms with van der Waals surface area (Å²) in [4.78, 5) is 52.0. The van der Waals surface area contributed by atoms with Crippen LogP contribution in [-0.2, 0) is 28.5 Å².